The first-order valence-electron chi connectivity index (χ1n) is 9.68. The van der Waals surface area contributed by atoms with Crippen LogP contribution in [0.3, 0.4) is 0 Å². The molecule has 2 aromatic carbocycles. The number of primary sulfonamides is 1. The molecule has 8 heteroatoms. The van der Waals surface area contributed by atoms with E-state index in [4.69, 9.17) is 5.14 Å². The molecular weight excluding hydrogens is 454 g/mol. The second kappa shape index (κ2) is 9.28. The van der Waals surface area contributed by atoms with Gasteiger partial charge in [0.25, 0.3) is 5.91 Å². The Morgan fingerprint density at radius 2 is 1.79 bits per heavy atom. The predicted molar refractivity (Wildman–Crippen MR) is 118 cm³/mol. The summed E-state index contributed by atoms with van der Waals surface area (Å²) in [5.41, 5.74) is 2.37. The number of hydrogen-bond acceptors (Lipinski definition) is 4. The highest BCUT2D eigenvalue weighted by Gasteiger charge is 2.18. The molecule has 1 aliphatic rings. The third-order valence-electron chi connectivity index (χ3n) is 5.43. The van der Waals surface area contributed by atoms with Crippen molar-refractivity contribution < 1.29 is 13.2 Å². The molecule has 29 heavy (non-hydrogen) atoms. The zero-order chi connectivity index (χ0) is 21.0. The van der Waals surface area contributed by atoms with Gasteiger partial charge in [0.15, 0.2) is 0 Å². The van der Waals surface area contributed by atoms with Crippen LogP contribution in [0.5, 0.6) is 0 Å². The summed E-state index contributed by atoms with van der Waals surface area (Å²) in [7, 11) is -1.73. The van der Waals surface area contributed by atoms with Crippen molar-refractivity contribution in [2.45, 2.75) is 49.6 Å². The van der Waals surface area contributed by atoms with E-state index in [1.165, 1.54) is 56.0 Å². The fraction of sp³-hybridized carbons (Fsp3) is 0.381. The van der Waals surface area contributed by atoms with Crippen molar-refractivity contribution in [1.82, 2.24) is 5.32 Å². The Balaban J connectivity index is 1.63. The molecule has 0 saturated heterocycles. The molecule has 3 rings (SSSR count). The SMILES string of the molecule is CN(c1ccc(CNC(=O)c2cc(S(N)(=O)=O)ccc2Br)cc1)C1CCCCC1. The predicted octanol–water partition coefficient (Wildman–Crippen LogP) is 3.80. The topological polar surface area (TPSA) is 92.5 Å². The summed E-state index contributed by atoms with van der Waals surface area (Å²) in [6.07, 6.45) is 6.39. The van der Waals surface area contributed by atoms with Crippen LogP contribution in [0.4, 0.5) is 5.69 Å². The van der Waals surface area contributed by atoms with E-state index in [0.29, 0.717) is 17.1 Å². The van der Waals surface area contributed by atoms with Crippen LogP contribution in [-0.2, 0) is 16.6 Å². The average molecular weight is 480 g/mol. The Labute approximate surface area is 180 Å². The molecule has 156 valence electrons. The molecule has 0 atom stereocenters. The van der Waals surface area contributed by atoms with Gasteiger partial charge in [0, 0.05) is 29.8 Å². The highest BCUT2D eigenvalue weighted by Crippen LogP contribution is 2.26. The molecule has 1 fully saturated rings. The van der Waals surface area contributed by atoms with Crippen LogP contribution >= 0.6 is 15.9 Å². The van der Waals surface area contributed by atoms with Crippen molar-refractivity contribution in [1.29, 1.82) is 0 Å². The molecule has 6 nitrogen and oxygen atoms in total. The van der Waals surface area contributed by atoms with Gasteiger partial charge in [0.05, 0.1) is 10.5 Å². The van der Waals surface area contributed by atoms with Crippen LogP contribution in [0.25, 0.3) is 0 Å². The highest BCUT2D eigenvalue weighted by molar-refractivity contribution is 9.10. The Kier molecular flexibility index (Phi) is 6.97. The van der Waals surface area contributed by atoms with Crippen molar-refractivity contribution in [2.75, 3.05) is 11.9 Å². The maximum Gasteiger partial charge on any atom is 0.252 e. The molecule has 0 spiro atoms. The zero-order valence-electron chi connectivity index (χ0n) is 16.4. The summed E-state index contributed by atoms with van der Waals surface area (Å²) in [6.45, 7) is 0.346. The molecule has 1 aliphatic carbocycles. The van der Waals surface area contributed by atoms with E-state index in [1.807, 2.05) is 12.1 Å². The summed E-state index contributed by atoms with van der Waals surface area (Å²) >= 11 is 3.29. The minimum absolute atomic E-state index is 0.0963. The van der Waals surface area contributed by atoms with Crippen molar-refractivity contribution >= 4 is 37.5 Å². The summed E-state index contributed by atoms with van der Waals surface area (Å²) in [6, 6.07) is 12.9. The van der Waals surface area contributed by atoms with E-state index < -0.39 is 10.0 Å². The molecule has 1 amide bonds. The third kappa shape index (κ3) is 5.58. The summed E-state index contributed by atoms with van der Waals surface area (Å²) in [5.74, 6) is -0.370. The van der Waals surface area contributed by atoms with Crippen LogP contribution in [0, 0.1) is 0 Å². The first kappa shape index (κ1) is 21.8. The number of amides is 1. The second-order valence-electron chi connectivity index (χ2n) is 7.44. The Hall–Kier alpha value is -1.90. The first-order chi connectivity index (χ1) is 13.8. The lowest BCUT2D eigenvalue weighted by Gasteiger charge is -2.33. The zero-order valence-corrected chi connectivity index (χ0v) is 18.8. The van der Waals surface area contributed by atoms with Crippen LogP contribution in [-0.4, -0.2) is 27.4 Å². The third-order valence-corrected chi connectivity index (χ3v) is 7.03. The number of halogens is 1. The number of nitrogens with one attached hydrogen (secondary N) is 1. The molecule has 1 saturated carbocycles. The van der Waals surface area contributed by atoms with Crippen molar-refractivity contribution in [2.24, 2.45) is 5.14 Å². The number of carbonyl (C=O) groups is 1. The number of hydrogen-bond donors (Lipinski definition) is 2. The van der Waals surface area contributed by atoms with Crippen LogP contribution < -0.4 is 15.4 Å². The fourth-order valence-electron chi connectivity index (χ4n) is 3.66. The first-order valence-corrected chi connectivity index (χ1v) is 12.0. The Bertz CT molecular complexity index is 971. The van der Waals surface area contributed by atoms with E-state index in [0.717, 1.165) is 5.56 Å². The maximum absolute atomic E-state index is 12.5. The van der Waals surface area contributed by atoms with Crippen molar-refractivity contribution in [3.05, 3.63) is 58.1 Å². The normalized spacial score (nSPS) is 15.1. The van der Waals surface area contributed by atoms with E-state index in [1.54, 1.807) is 0 Å². The van der Waals surface area contributed by atoms with Crippen LogP contribution in [0.15, 0.2) is 51.8 Å². The molecule has 0 radical (unpaired) electrons. The highest BCUT2D eigenvalue weighted by atomic mass is 79.9. The van der Waals surface area contributed by atoms with E-state index in [-0.39, 0.29) is 16.4 Å². The minimum Gasteiger partial charge on any atom is -0.372 e. The average Bonchev–Trinajstić information content (AvgIpc) is 2.72. The van der Waals surface area contributed by atoms with Gasteiger partial charge >= 0.3 is 0 Å². The smallest absolute Gasteiger partial charge is 0.252 e. The fourth-order valence-corrected chi connectivity index (χ4v) is 4.63. The van der Waals surface area contributed by atoms with E-state index >= 15 is 0 Å². The molecule has 0 unspecified atom stereocenters. The van der Waals surface area contributed by atoms with Gasteiger partial charge in [-0.1, -0.05) is 31.4 Å². The lowest BCUT2D eigenvalue weighted by Crippen LogP contribution is -2.33. The molecule has 0 aromatic heterocycles. The number of rotatable bonds is 6. The van der Waals surface area contributed by atoms with Crippen molar-refractivity contribution in [3.8, 4) is 0 Å². The largest absolute Gasteiger partial charge is 0.372 e. The molecule has 2 aromatic rings. The summed E-state index contributed by atoms with van der Waals surface area (Å²) < 4.78 is 23.6. The standard InChI is InChI=1S/C21H26BrN3O3S/c1-25(16-5-3-2-4-6-16)17-9-7-15(8-10-17)14-24-21(26)19-13-18(29(23,27)28)11-12-20(19)22/h7-13,16H,2-6,14H2,1H3,(H,24,26)(H2,23,27,28). The number of sulfonamides is 1. The number of anilines is 1. The number of nitrogens with two attached hydrogens (primary N) is 1. The molecule has 3 N–H and O–H groups in total. The number of carbonyl (C=O) groups excluding carboxylic acids is 1. The van der Waals surface area contributed by atoms with Gasteiger partial charge in [-0.05, 0) is 64.7 Å². The number of benzene rings is 2. The van der Waals surface area contributed by atoms with E-state index in [9.17, 15) is 13.2 Å². The Morgan fingerprint density at radius 3 is 2.41 bits per heavy atom. The molecular formula is C21H26BrN3O3S. The van der Waals surface area contributed by atoms with Crippen LogP contribution in [0.2, 0.25) is 0 Å². The van der Waals surface area contributed by atoms with Gasteiger partial charge in [-0.3, -0.25) is 4.79 Å². The van der Waals surface area contributed by atoms with Crippen molar-refractivity contribution in [3.63, 3.8) is 0 Å². The Morgan fingerprint density at radius 1 is 1.14 bits per heavy atom. The summed E-state index contributed by atoms with van der Waals surface area (Å²) in [4.78, 5) is 14.8. The van der Waals surface area contributed by atoms with Gasteiger partial charge in [-0.15, -0.1) is 0 Å². The van der Waals surface area contributed by atoms with Gasteiger partial charge in [0.2, 0.25) is 10.0 Å². The van der Waals surface area contributed by atoms with Gasteiger partial charge in [-0.2, -0.15) is 0 Å². The maximum atomic E-state index is 12.5. The quantitative estimate of drug-likeness (QED) is 0.658. The van der Waals surface area contributed by atoms with Gasteiger partial charge < -0.3 is 10.2 Å². The second-order valence-corrected chi connectivity index (χ2v) is 9.85. The number of nitrogens with zero attached hydrogens (tertiary/aromatic N) is 1. The van der Waals surface area contributed by atoms with Gasteiger partial charge in [0.1, 0.15) is 0 Å². The lowest BCUT2D eigenvalue weighted by atomic mass is 9.94. The van der Waals surface area contributed by atoms with E-state index in [2.05, 4.69) is 45.3 Å². The lowest BCUT2D eigenvalue weighted by molar-refractivity contribution is 0.0950. The van der Waals surface area contributed by atoms with Gasteiger partial charge in [-0.25, -0.2) is 13.6 Å². The summed E-state index contributed by atoms with van der Waals surface area (Å²) in [5, 5.41) is 7.98. The molecule has 0 aliphatic heterocycles. The minimum atomic E-state index is -3.87. The monoisotopic (exact) mass is 479 g/mol. The van der Waals surface area contributed by atoms with Crippen LogP contribution in [0.1, 0.15) is 48.0 Å². The molecule has 0 heterocycles. The molecule has 0 bridgehead atoms.